The van der Waals surface area contributed by atoms with Crippen LogP contribution in [0.25, 0.3) is 43.1 Å². The van der Waals surface area contributed by atoms with Crippen LogP contribution in [0.2, 0.25) is 0 Å². The normalized spacial score (nSPS) is 11.1. The summed E-state index contributed by atoms with van der Waals surface area (Å²) in [6.07, 6.45) is 0. The maximum Gasteiger partial charge on any atom is 0.123 e. The van der Waals surface area contributed by atoms with Crippen molar-refractivity contribution in [2.45, 2.75) is 6.54 Å². The Labute approximate surface area is 182 Å². The van der Waals surface area contributed by atoms with Crippen molar-refractivity contribution in [2.24, 2.45) is 0 Å². The number of hydrogen-bond donors (Lipinski definition) is 1. The molecule has 0 unspecified atom stereocenters. The Kier molecular flexibility index (Phi) is 5.90. The topological polar surface area (TPSA) is 23.5 Å². The van der Waals surface area contributed by atoms with Gasteiger partial charge in [0.05, 0.1) is 0 Å². The molecule has 148 valence electrons. The minimum Gasteiger partial charge on any atom is -0.507 e. The molecule has 5 aromatic rings. The fourth-order valence-electron chi connectivity index (χ4n) is 4.24. The molecule has 0 bridgehead atoms. The fraction of sp³-hybridized carbons (Fsp3) is 0.120. The molecule has 5 rings (SSSR count). The molecular formula is C25H23Cl2NO. The molecule has 0 aliphatic heterocycles. The van der Waals surface area contributed by atoms with Gasteiger partial charge >= 0.3 is 0 Å². The summed E-state index contributed by atoms with van der Waals surface area (Å²) in [5, 5.41) is 20.1. The number of fused-ring (bicyclic) bond motifs is 7. The van der Waals surface area contributed by atoms with Crippen molar-refractivity contribution >= 4 is 67.9 Å². The first-order valence-electron chi connectivity index (χ1n) is 9.25. The van der Waals surface area contributed by atoms with Gasteiger partial charge in [-0.05, 0) is 69.5 Å². The fourth-order valence-corrected chi connectivity index (χ4v) is 4.24. The summed E-state index contributed by atoms with van der Waals surface area (Å²) in [5.74, 6) is 0.352. The number of phenolic OH excluding ortho intramolecular Hbond substituents is 1. The van der Waals surface area contributed by atoms with E-state index in [1.807, 2.05) is 26.2 Å². The molecule has 0 radical (unpaired) electrons. The third kappa shape index (κ3) is 3.49. The Balaban J connectivity index is 0.00000120. The van der Waals surface area contributed by atoms with E-state index in [2.05, 4.69) is 65.6 Å². The molecule has 0 aliphatic rings. The average molecular weight is 424 g/mol. The van der Waals surface area contributed by atoms with Gasteiger partial charge in [0, 0.05) is 11.9 Å². The molecule has 0 atom stereocenters. The highest BCUT2D eigenvalue weighted by atomic mass is 35.5. The van der Waals surface area contributed by atoms with Gasteiger partial charge < -0.3 is 10.0 Å². The van der Waals surface area contributed by atoms with Crippen molar-refractivity contribution in [3.63, 3.8) is 0 Å². The van der Waals surface area contributed by atoms with Crippen molar-refractivity contribution in [2.75, 3.05) is 14.1 Å². The van der Waals surface area contributed by atoms with Crippen LogP contribution >= 0.6 is 24.8 Å². The van der Waals surface area contributed by atoms with Crippen LogP contribution in [0.4, 0.5) is 0 Å². The lowest BCUT2D eigenvalue weighted by Gasteiger charge is -2.14. The van der Waals surface area contributed by atoms with Crippen molar-refractivity contribution in [1.82, 2.24) is 4.90 Å². The molecule has 0 fully saturated rings. The van der Waals surface area contributed by atoms with Crippen LogP contribution in [0, 0.1) is 0 Å². The van der Waals surface area contributed by atoms with Crippen LogP contribution in [0.1, 0.15) is 5.56 Å². The SMILES string of the molecule is CN(C)Cc1cc(O)c2ccc3c(ccc4c5ccccc5ccc43)c2c1.Cl.Cl. The zero-order valence-corrected chi connectivity index (χ0v) is 18.0. The lowest BCUT2D eigenvalue weighted by atomic mass is 9.93. The quantitative estimate of drug-likeness (QED) is 0.311. The van der Waals surface area contributed by atoms with Gasteiger partial charge in [-0.15, -0.1) is 24.8 Å². The molecule has 0 aliphatic carbocycles. The van der Waals surface area contributed by atoms with Crippen molar-refractivity contribution in [3.05, 3.63) is 78.4 Å². The molecule has 5 aromatic carbocycles. The van der Waals surface area contributed by atoms with Gasteiger partial charge in [-0.1, -0.05) is 60.7 Å². The number of nitrogens with zero attached hydrogens (tertiary/aromatic N) is 1. The summed E-state index contributed by atoms with van der Waals surface area (Å²) < 4.78 is 0. The molecule has 0 aromatic heterocycles. The highest BCUT2D eigenvalue weighted by molar-refractivity contribution is 6.22. The largest absolute Gasteiger partial charge is 0.507 e. The van der Waals surface area contributed by atoms with E-state index < -0.39 is 0 Å². The second kappa shape index (κ2) is 8.08. The molecule has 2 nitrogen and oxygen atoms in total. The number of rotatable bonds is 2. The van der Waals surface area contributed by atoms with Crippen LogP contribution in [0.5, 0.6) is 5.75 Å². The van der Waals surface area contributed by atoms with Gasteiger partial charge in [0.2, 0.25) is 0 Å². The number of benzene rings is 5. The van der Waals surface area contributed by atoms with Crippen molar-refractivity contribution in [3.8, 4) is 5.75 Å². The lowest BCUT2D eigenvalue weighted by Crippen LogP contribution is -2.10. The van der Waals surface area contributed by atoms with E-state index in [1.54, 1.807) is 0 Å². The first-order chi connectivity index (χ1) is 13.1. The summed E-state index contributed by atoms with van der Waals surface area (Å²) in [4.78, 5) is 2.12. The summed E-state index contributed by atoms with van der Waals surface area (Å²) in [7, 11) is 4.09. The number of aromatic hydroxyl groups is 1. The standard InChI is InChI=1S/C25H21NO.2ClH/c1-26(2)15-16-13-24-22-10-9-19-18-6-4-3-5-17(18)7-8-20(19)21(22)11-12-23(24)25(27)14-16;;/h3-14,27H,15H2,1-2H3;2*1H. The van der Waals surface area contributed by atoms with E-state index in [-0.39, 0.29) is 24.8 Å². The second-order valence-electron chi connectivity index (χ2n) is 7.56. The molecule has 0 spiro atoms. The van der Waals surface area contributed by atoms with E-state index in [0.717, 1.165) is 22.9 Å². The van der Waals surface area contributed by atoms with E-state index >= 15 is 0 Å². The van der Waals surface area contributed by atoms with Crippen LogP contribution in [0.3, 0.4) is 0 Å². The van der Waals surface area contributed by atoms with Crippen LogP contribution in [-0.4, -0.2) is 24.1 Å². The Morgan fingerprint density at radius 2 is 1.17 bits per heavy atom. The van der Waals surface area contributed by atoms with Gasteiger partial charge in [-0.2, -0.15) is 0 Å². The first kappa shape index (κ1) is 21.2. The minimum absolute atomic E-state index is 0. The predicted molar refractivity (Wildman–Crippen MR) is 130 cm³/mol. The maximum absolute atomic E-state index is 10.6. The van der Waals surface area contributed by atoms with E-state index in [0.29, 0.717) is 5.75 Å². The minimum atomic E-state index is 0. The van der Waals surface area contributed by atoms with Crippen LogP contribution in [-0.2, 0) is 6.54 Å². The third-order valence-electron chi connectivity index (χ3n) is 5.39. The number of hydrogen-bond acceptors (Lipinski definition) is 2. The zero-order chi connectivity index (χ0) is 18.5. The number of phenols is 1. The Bertz CT molecular complexity index is 1350. The zero-order valence-electron chi connectivity index (χ0n) is 16.3. The van der Waals surface area contributed by atoms with Gasteiger partial charge in [-0.25, -0.2) is 0 Å². The van der Waals surface area contributed by atoms with Crippen molar-refractivity contribution < 1.29 is 5.11 Å². The van der Waals surface area contributed by atoms with Gasteiger partial charge in [-0.3, -0.25) is 0 Å². The molecule has 4 heteroatoms. The monoisotopic (exact) mass is 423 g/mol. The Morgan fingerprint density at radius 1 is 0.621 bits per heavy atom. The number of halogens is 2. The van der Waals surface area contributed by atoms with Crippen LogP contribution in [0.15, 0.2) is 72.8 Å². The predicted octanol–water partition coefficient (Wildman–Crippen LogP) is 6.91. The van der Waals surface area contributed by atoms with E-state index in [4.69, 9.17) is 0 Å². The van der Waals surface area contributed by atoms with Crippen LogP contribution < -0.4 is 0 Å². The van der Waals surface area contributed by atoms with Crippen molar-refractivity contribution in [1.29, 1.82) is 0 Å². The summed E-state index contributed by atoms with van der Waals surface area (Å²) >= 11 is 0. The molecule has 1 N–H and O–H groups in total. The smallest absolute Gasteiger partial charge is 0.123 e. The van der Waals surface area contributed by atoms with Gasteiger partial charge in [0.1, 0.15) is 5.75 Å². The summed E-state index contributed by atoms with van der Waals surface area (Å²) in [6.45, 7) is 0.804. The Morgan fingerprint density at radius 3 is 1.86 bits per heavy atom. The second-order valence-corrected chi connectivity index (χ2v) is 7.56. The van der Waals surface area contributed by atoms with E-state index in [1.165, 1.54) is 32.3 Å². The average Bonchev–Trinajstić information content (AvgIpc) is 2.66. The highest BCUT2D eigenvalue weighted by Crippen LogP contribution is 2.37. The molecule has 0 amide bonds. The lowest BCUT2D eigenvalue weighted by molar-refractivity contribution is 0.401. The first-order valence-corrected chi connectivity index (χ1v) is 9.25. The third-order valence-corrected chi connectivity index (χ3v) is 5.39. The van der Waals surface area contributed by atoms with E-state index in [9.17, 15) is 5.11 Å². The molecule has 29 heavy (non-hydrogen) atoms. The summed E-state index contributed by atoms with van der Waals surface area (Å²) in [5.41, 5.74) is 1.12. The Hall–Kier alpha value is -2.52. The molecule has 0 saturated heterocycles. The molecular weight excluding hydrogens is 401 g/mol. The summed E-state index contributed by atoms with van der Waals surface area (Å²) in [6, 6.07) is 25.6. The maximum atomic E-state index is 10.6. The molecule has 0 saturated carbocycles. The highest BCUT2D eigenvalue weighted by Gasteiger charge is 2.10. The molecule has 0 heterocycles. The van der Waals surface area contributed by atoms with Gasteiger partial charge in [0.15, 0.2) is 0 Å². The van der Waals surface area contributed by atoms with Gasteiger partial charge in [0.25, 0.3) is 0 Å².